The summed E-state index contributed by atoms with van der Waals surface area (Å²) in [5.41, 5.74) is 6.33. The largest absolute Gasteiger partial charge is 0.480 e. The first kappa shape index (κ1) is 26.1. The van der Waals surface area contributed by atoms with Gasteiger partial charge in [0.25, 0.3) is 0 Å². The molecule has 0 aromatic heterocycles. The molecule has 10 heteroatoms. The minimum absolute atomic E-state index is 0.0878. The van der Waals surface area contributed by atoms with Crippen LogP contribution in [0.2, 0.25) is 0 Å². The molecule has 1 aromatic carbocycles. The number of rotatable bonds is 11. The minimum Gasteiger partial charge on any atom is -0.480 e. The highest BCUT2D eigenvalue weighted by Crippen LogP contribution is 2.06. The van der Waals surface area contributed by atoms with Crippen LogP contribution < -0.4 is 21.7 Å². The summed E-state index contributed by atoms with van der Waals surface area (Å²) in [5.74, 6) is -3.53. The van der Waals surface area contributed by atoms with Crippen molar-refractivity contribution in [3.05, 3.63) is 35.9 Å². The maximum absolute atomic E-state index is 12.6. The number of nitrogens with one attached hydrogen (secondary N) is 3. The van der Waals surface area contributed by atoms with Gasteiger partial charge in [-0.2, -0.15) is 0 Å². The molecular weight excluding hydrogens is 404 g/mol. The van der Waals surface area contributed by atoms with E-state index in [4.69, 9.17) is 5.73 Å². The molecule has 7 N–H and O–H groups in total. The van der Waals surface area contributed by atoms with Crippen LogP contribution >= 0.6 is 0 Å². The van der Waals surface area contributed by atoms with Gasteiger partial charge in [0, 0.05) is 6.42 Å². The Balaban J connectivity index is 2.75. The first-order valence-electron chi connectivity index (χ1n) is 10.1. The maximum atomic E-state index is 12.6. The van der Waals surface area contributed by atoms with Crippen molar-refractivity contribution in [3.8, 4) is 0 Å². The van der Waals surface area contributed by atoms with Gasteiger partial charge in [-0.15, -0.1) is 0 Å². The normalized spacial score (nSPS) is 15.8. The van der Waals surface area contributed by atoms with E-state index in [0.29, 0.717) is 0 Å². The SMILES string of the molecule is CC(NC(=O)C(NC(=O)C(N)C(C)O)C(C)C)C(=O)NC(Cc1ccccc1)C(=O)O. The Morgan fingerprint density at radius 2 is 1.48 bits per heavy atom. The summed E-state index contributed by atoms with van der Waals surface area (Å²) in [6.45, 7) is 6.16. The van der Waals surface area contributed by atoms with Gasteiger partial charge in [-0.25, -0.2) is 4.79 Å². The highest BCUT2D eigenvalue weighted by molar-refractivity contribution is 5.94. The Morgan fingerprint density at radius 3 is 1.97 bits per heavy atom. The summed E-state index contributed by atoms with van der Waals surface area (Å²) >= 11 is 0. The molecular formula is C21H32N4O6. The average molecular weight is 437 g/mol. The van der Waals surface area contributed by atoms with E-state index in [0.717, 1.165) is 5.56 Å². The van der Waals surface area contributed by atoms with Gasteiger partial charge in [-0.1, -0.05) is 44.2 Å². The molecule has 0 saturated carbocycles. The second-order valence-corrected chi connectivity index (χ2v) is 7.82. The molecule has 5 unspecified atom stereocenters. The third kappa shape index (κ3) is 8.35. The van der Waals surface area contributed by atoms with Gasteiger partial charge in [0.05, 0.1) is 6.10 Å². The van der Waals surface area contributed by atoms with Gasteiger partial charge in [-0.3, -0.25) is 14.4 Å². The Kier molecular flexibility index (Phi) is 10.1. The molecule has 0 heterocycles. The van der Waals surface area contributed by atoms with E-state index in [1.165, 1.54) is 13.8 Å². The predicted octanol–water partition coefficient (Wildman–Crippen LogP) is -0.848. The van der Waals surface area contributed by atoms with Crippen molar-refractivity contribution in [2.45, 2.75) is 64.4 Å². The lowest BCUT2D eigenvalue weighted by Crippen LogP contribution is -2.58. The number of amides is 3. The topological polar surface area (TPSA) is 171 Å². The zero-order valence-electron chi connectivity index (χ0n) is 18.2. The van der Waals surface area contributed by atoms with E-state index in [1.54, 1.807) is 44.2 Å². The standard InChI is InChI=1S/C21H32N4O6/c1-11(2)17(25-19(28)16(22)13(4)26)20(29)23-12(3)18(27)24-15(21(30)31)10-14-8-6-5-7-9-14/h5-9,11-13,15-17,26H,10,22H2,1-4H3,(H,23,29)(H,24,27)(H,25,28)(H,30,31). The number of carbonyl (C=O) groups is 4. The van der Waals surface area contributed by atoms with Crippen LogP contribution in [0.3, 0.4) is 0 Å². The van der Waals surface area contributed by atoms with Gasteiger partial charge in [-0.05, 0) is 25.3 Å². The smallest absolute Gasteiger partial charge is 0.326 e. The van der Waals surface area contributed by atoms with Crippen molar-refractivity contribution < 1.29 is 29.4 Å². The van der Waals surface area contributed by atoms with Crippen LogP contribution in [0.15, 0.2) is 30.3 Å². The number of aliphatic hydroxyl groups excluding tert-OH is 1. The predicted molar refractivity (Wildman–Crippen MR) is 114 cm³/mol. The van der Waals surface area contributed by atoms with Crippen LogP contribution in [0.1, 0.15) is 33.3 Å². The molecule has 1 rings (SSSR count). The van der Waals surface area contributed by atoms with Gasteiger partial charge in [0.2, 0.25) is 17.7 Å². The van der Waals surface area contributed by atoms with Gasteiger partial charge < -0.3 is 31.9 Å². The van der Waals surface area contributed by atoms with Crippen LogP contribution in [0, 0.1) is 5.92 Å². The van der Waals surface area contributed by atoms with Gasteiger partial charge in [0.1, 0.15) is 24.2 Å². The van der Waals surface area contributed by atoms with Crippen molar-refractivity contribution >= 4 is 23.7 Å². The lowest BCUT2D eigenvalue weighted by molar-refractivity contribution is -0.142. The van der Waals surface area contributed by atoms with E-state index in [9.17, 15) is 29.4 Å². The highest BCUT2D eigenvalue weighted by Gasteiger charge is 2.30. The van der Waals surface area contributed by atoms with Gasteiger partial charge in [0.15, 0.2) is 0 Å². The third-order valence-corrected chi connectivity index (χ3v) is 4.72. The zero-order valence-corrected chi connectivity index (χ0v) is 18.2. The molecule has 0 radical (unpaired) electrons. The first-order chi connectivity index (χ1) is 14.4. The third-order valence-electron chi connectivity index (χ3n) is 4.72. The number of carboxylic acids is 1. The summed E-state index contributed by atoms with van der Waals surface area (Å²) in [6.07, 6.45) is -1.01. The van der Waals surface area contributed by atoms with Crippen LogP contribution in [-0.2, 0) is 25.6 Å². The highest BCUT2D eigenvalue weighted by atomic mass is 16.4. The molecule has 0 bridgehead atoms. The zero-order chi connectivity index (χ0) is 23.7. The molecule has 0 spiro atoms. The second kappa shape index (κ2) is 12.0. The van der Waals surface area contributed by atoms with Crippen molar-refractivity contribution in [1.29, 1.82) is 0 Å². The molecule has 0 saturated heterocycles. The fourth-order valence-electron chi connectivity index (χ4n) is 2.72. The Hall–Kier alpha value is -2.98. The van der Waals surface area contributed by atoms with Crippen LogP contribution in [0.25, 0.3) is 0 Å². The van der Waals surface area contributed by atoms with E-state index in [-0.39, 0.29) is 12.3 Å². The van der Waals surface area contributed by atoms with Crippen LogP contribution in [0.4, 0.5) is 0 Å². The van der Waals surface area contributed by atoms with Crippen LogP contribution in [0.5, 0.6) is 0 Å². The molecule has 1 aromatic rings. The molecule has 0 aliphatic heterocycles. The summed E-state index contributed by atoms with van der Waals surface area (Å²) in [6, 6.07) is 4.42. The van der Waals surface area contributed by atoms with E-state index >= 15 is 0 Å². The van der Waals surface area contributed by atoms with E-state index in [2.05, 4.69) is 16.0 Å². The number of aliphatic carboxylic acids is 1. The number of nitrogens with two attached hydrogens (primary N) is 1. The van der Waals surface area contributed by atoms with Gasteiger partial charge >= 0.3 is 5.97 Å². The molecule has 10 nitrogen and oxygen atoms in total. The number of hydrogen-bond donors (Lipinski definition) is 6. The summed E-state index contributed by atoms with van der Waals surface area (Å²) in [5, 5.41) is 26.2. The summed E-state index contributed by atoms with van der Waals surface area (Å²) in [7, 11) is 0. The molecule has 3 amide bonds. The lowest BCUT2D eigenvalue weighted by Gasteiger charge is -2.26. The average Bonchev–Trinajstić information content (AvgIpc) is 2.70. The molecule has 31 heavy (non-hydrogen) atoms. The minimum atomic E-state index is -1.20. The maximum Gasteiger partial charge on any atom is 0.326 e. The molecule has 172 valence electrons. The van der Waals surface area contributed by atoms with E-state index < -0.39 is 54.0 Å². The number of carboxylic acid groups (broad SMARTS) is 1. The molecule has 0 aliphatic carbocycles. The second-order valence-electron chi connectivity index (χ2n) is 7.82. The fourth-order valence-corrected chi connectivity index (χ4v) is 2.72. The quantitative estimate of drug-likeness (QED) is 0.262. The molecule has 0 fully saturated rings. The van der Waals surface area contributed by atoms with Crippen molar-refractivity contribution in [1.82, 2.24) is 16.0 Å². The summed E-state index contributed by atoms with van der Waals surface area (Å²) < 4.78 is 0. The monoisotopic (exact) mass is 436 g/mol. The Bertz CT molecular complexity index is 768. The fraction of sp³-hybridized carbons (Fsp3) is 0.524. The lowest BCUT2D eigenvalue weighted by atomic mass is 10.0. The van der Waals surface area contributed by atoms with Crippen LogP contribution in [-0.4, -0.2) is 64.2 Å². The van der Waals surface area contributed by atoms with Crippen molar-refractivity contribution in [2.75, 3.05) is 0 Å². The number of benzene rings is 1. The molecule has 0 aliphatic rings. The number of carbonyl (C=O) groups excluding carboxylic acids is 3. The number of hydrogen-bond acceptors (Lipinski definition) is 6. The Morgan fingerprint density at radius 1 is 0.903 bits per heavy atom. The van der Waals surface area contributed by atoms with Crippen molar-refractivity contribution in [3.63, 3.8) is 0 Å². The van der Waals surface area contributed by atoms with Crippen molar-refractivity contribution in [2.24, 2.45) is 11.7 Å². The number of aliphatic hydroxyl groups is 1. The summed E-state index contributed by atoms with van der Waals surface area (Å²) in [4.78, 5) is 48.7. The molecule has 5 atom stereocenters. The van der Waals surface area contributed by atoms with E-state index in [1.807, 2.05) is 0 Å². The Labute approximate surface area is 181 Å². The first-order valence-corrected chi connectivity index (χ1v) is 10.1.